The molecular weight excluding hydrogens is 378 g/mol. The van der Waals surface area contributed by atoms with Crippen molar-refractivity contribution in [3.63, 3.8) is 0 Å². The average Bonchev–Trinajstić information content (AvgIpc) is 3.07. The molecular formula is C19H14F2N8. The number of hydrogen-bond donors (Lipinski definition) is 2. The van der Waals surface area contributed by atoms with E-state index in [-0.39, 0.29) is 22.9 Å². The van der Waals surface area contributed by atoms with Crippen molar-refractivity contribution >= 4 is 22.8 Å². The van der Waals surface area contributed by atoms with Gasteiger partial charge in [-0.3, -0.25) is 4.57 Å². The van der Waals surface area contributed by atoms with Crippen LogP contribution in [0.5, 0.6) is 0 Å². The lowest BCUT2D eigenvalue weighted by Crippen LogP contribution is -2.15. The van der Waals surface area contributed by atoms with Crippen LogP contribution >= 0.6 is 0 Å². The monoisotopic (exact) mass is 392 g/mol. The van der Waals surface area contributed by atoms with Gasteiger partial charge in [-0.15, -0.1) is 0 Å². The molecule has 0 spiro atoms. The summed E-state index contributed by atoms with van der Waals surface area (Å²) in [5, 5.41) is 12.4. The molecule has 0 bridgehead atoms. The van der Waals surface area contributed by atoms with Crippen LogP contribution in [0.2, 0.25) is 0 Å². The highest BCUT2D eigenvalue weighted by atomic mass is 19.1. The molecule has 0 saturated heterocycles. The Hall–Kier alpha value is -4.13. The highest BCUT2D eigenvalue weighted by molar-refractivity contribution is 5.74. The minimum absolute atomic E-state index is 0.0413. The standard InChI is InChI=1S/C19H14F2N8/c1-10(27-17-14(8-22)16(23)25-9-26-17)19-28-18-15(3-2-4-24-18)29(19)13-6-11(20)5-12(21)7-13/h2-7,9-10H,1H3,(H3,23,25,26,27). The van der Waals surface area contributed by atoms with E-state index in [0.717, 1.165) is 6.07 Å². The van der Waals surface area contributed by atoms with E-state index in [1.807, 2.05) is 6.07 Å². The number of nitrogen functional groups attached to an aromatic ring is 1. The molecule has 10 heteroatoms. The van der Waals surface area contributed by atoms with Gasteiger partial charge in [0.25, 0.3) is 0 Å². The number of imidazole rings is 1. The van der Waals surface area contributed by atoms with Crippen molar-refractivity contribution in [2.24, 2.45) is 0 Å². The largest absolute Gasteiger partial charge is 0.382 e. The quantitative estimate of drug-likeness (QED) is 0.548. The molecule has 1 unspecified atom stereocenters. The summed E-state index contributed by atoms with van der Waals surface area (Å²) in [6.07, 6.45) is 2.81. The first-order valence-corrected chi connectivity index (χ1v) is 8.55. The first-order chi connectivity index (χ1) is 14.0. The normalized spacial score (nSPS) is 11.9. The SMILES string of the molecule is CC(Nc1ncnc(N)c1C#N)c1nc2ncccc2n1-c1cc(F)cc(F)c1. The summed E-state index contributed by atoms with van der Waals surface area (Å²) in [5.74, 6) is -0.742. The maximum atomic E-state index is 13.9. The van der Waals surface area contributed by atoms with Crippen molar-refractivity contribution in [1.29, 1.82) is 5.26 Å². The summed E-state index contributed by atoms with van der Waals surface area (Å²) in [7, 11) is 0. The number of anilines is 2. The van der Waals surface area contributed by atoms with Gasteiger partial charge in [-0.05, 0) is 31.2 Å². The minimum Gasteiger partial charge on any atom is -0.382 e. The number of rotatable bonds is 4. The lowest BCUT2D eigenvalue weighted by atomic mass is 10.2. The number of halogens is 2. The van der Waals surface area contributed by atoms with Gasteiger partial charge in [0.1, 0.15) is 47.1 Å². The molecule has 3 heterocycles. The summed E-state index contributed by atoms with van der Waals surface area (Å²) in [4.78, 5) is 16.6. The molecule has 3 aromatic heterocycles. The first-order valence-electron chi connectivity index (χ1n) is 8.55. The molecule has 0 saturated carbocycles. The van der Waals surface area contributed by atoms with E-state index in [9.17, 15) is 14.0 Å². The maximum Gasteiger partial charge on any atom is 0.178 e. The number of aromatic nitrogens is 5. The summed E-state index contributed by atoms with van der Waals surface area (Å²) >= 11 is 0. The van der Waals surface area contributed by atoms with Crippen molar-refractivity contribution in [1.82, 2.24) is 24.5 Å². The molecule has 0 aliphatic rings. The van der Waals surface area contributed by atoms with Gasteiger partial charge in [0.15, 0.2) is 5.65 Å². The number of nitriles is 1. The first kappa shape index (κ1) is 18.2. The van der Waals surface area contributed by atoms with Crippen molar-refractivity contribution in [2.45, 2.75) is 13.0 Å². The van der Waals surface area contributed by atoms with Gasteiger partial charge in [-0.2, -0.15) is 5.26 Å². The molecule has 1 atom stereocenters. The second-order valence-electron chi connectivity index (χ2n) is 6.24. The Morgan fingerprint density at radius 3 is 2.66 bits per heavy atom. The summed E-state index contributed by atoms with van der Waals surface area (Å²) in [6, 6.07) is 8.10. The fourth-order valence-electron chi connectivity index (χ4n) is 3.05. The number of nitrogens with zero attached hydrogens (tertiary/aromatic N) is 6. The van der Waals surface area contributed by atoms with Gasteiger partial charge >= 0.3 is 0 Å². The van der Waals surface area contributed by atoms with Crippen LogP contribution in [0, 0.1) is 23.0 Å². The Labute approximate surface area is 163 Å². The predicted octanol–water partition coefficient (Wildman–Crippen LogP) is 3.12. The molecule has 4 rings (SSSR count). The van der Waals surface area contributed by atoms with Gasteiger partial charge in [0.2, 0.25) is 0 Å². The molecule has 0 fully saturated rings. The zero-order valence-electron chi connectivity index (χ0n) is 15.1. The molecule has 144 valence electrons. The zero-order valence-corrected chi connectivity index (χ0v) is 15.1. The zero-order chi connectivity index (χ0) is 20.5. The fourth-order valence-corrected chi connectivity index (χ4v) is 3.05. The van der Waals surface area contributed by atoms with E-state index < -0.39 is 17.7 Å². The Kier molecular flexibility index (Phi) is 4.48. The second-order valence-corrected chi connectivity index (χ2v) is 6.24. The van der Waals surface area contributed by atoms with Gasteiger partial charge in [-0.25, -0.2) is 28.7 Å². The number of benzene rings is 1. The van der Waals surface area contributed by atoms with E-state index in [0.29, 0.717) is 17.0 Å². The van der Waals surface area contributed by atoms with E-state index in [2.05, 4.69) is 25.3 Å². The molecule has 4 aromatic rings. The Morgan fingerprint density at radius 1 is 1.17 bits per heavy atom. The summed E-state index contributed by atoms with van der Waals surface area (Å²) in [5.41, 5.74) is 7.06. The highest BCUT2D eigenvalue weighted by Crippen LogP contribution is 2.28. The number of nitrogens with one attached hydrogen (secondary N) is 1. The second kappa shape index (κ2) is 7.12. The van der Waals surface area contributed by atoms with Crippen LogP contribution in [-0.4, -0.2) is 24.5 Å². The molecule has 1 aromatic carbocycles. The van der Waals surface area contributed by atoms with E-state index in [4.69, 9.17) is 5.73 Å². The van der Waals surface area contributed by atoms with E-state index >= 15 is 0 Å². The lowest BCUT2D eigenvalue weighted by molar-refractivity contribution is 0.581. The number of nitrogens with two attached hydrogens (primary N) is 1. The minimum atomic E-state index is -0.715. The van der Waals surface area contributed by atoms with Gasteiger partial charge in [-0.1, -0.05) is 0 Å². The van der Waals surface area contributed by atoms with Crippen molar-refractivity contribution < 1.29 is 8.78 Å². The van der Waals surface area contributed by atoms with Crippen LogP contribution in [0.1, 0.15) is 24.4 Å². The van der Waals surface area contributed by atoms with Crippen LogP contribution in [0.4, 0.5) is 20.4 Å². The Bertz CT molecular complexity index is 1240. The summed E-state index contributed by atoms with van der Waals surface area (Å²) in [6.45, 7) is 1.77. The third-order valence-electron chi connectivity index (χ3n) is 4.29. The average molecular weight is 392 g/mol. The molecule has 8 nitrogen and oxygen atoms in total. The van der Waals surface area contributed by atoms with Gasteiger partial charge in [0, 0.05) is 12.3 Å². The predicted molar refractivity (Wildman–Crippen MR) is 102 cm³/mol. The van der Waals surface area contributed by atoms with Gasteiger partial charge < -0.3 is 11.1 Å². The lowest BCUT2D eigenvalue weighted by Gasteiger charge is -2.17. The van der Waals surface area contributed by atoms with Crippen molar-refractivity contribution in [3.8, 4) is 11.8 Å². The number of pyridine rings is 1. The number of hydrogen-bond acceptors (Lipinski definition) is 7. The van der Waals surface area contributed by atoms with Crippen LogP contribution in [0.25, 0.3) is 16.9 Å². The Morgan fingerprint density at radius 2 is 1.93 bits per heavy atom. The Balaban J connectivity index is 1.86. The third-order valence-corrected chi connectivity index (χ3v) is 4.29. The highest BCUT2D eigenvalue weighted by Gasteiger charge is 2.21. The molecule has 0 aliphatic heterocycles. The van der Waals surface area contributed by atoms with E-state index in [1.54, 1.807) is 29.8 Å². The van der Waals surface area contributed by atoms with E-state index in [1.165, 1.54) is 18.5 Å². The van der Waals surface area contributed by atoms with Crippen LogP contribution < -0.4 is 11.1 Å². The third kappa shape index (κ3) is 3.29. The molecule has 0 aliphatic carbocycles. The van der Waals surface area contributed by atoms with Crippen molar-refractivity contribution in [2.75, 3.05) is 11.1 Å². The van der Waals surface area contributed by atoms with Crippen LogP contribution in [0.15, 0.2) is 42.9 Å². The fraction of sp³-hybridized carbons (Fsp3) is 0.105. The summed E-state index contributed by atoms with van der Waals surface area (Å²) < 4.78 is 29.3. The smallest absolute Gasteiger partial charge is 0.178 e. The molecule has 0 radical (unpaired) electrons. The number of fused-ring (bicyclic) bond motifs is 1. The van der Waals surface area contributed by atoms with Crippen LogP contribution in [0.3, 0.4) is 0 Å². The van der Waals surface area contributed by atoms with Crippen molar-refractivity contribution in [3.05, 3.63) is 65.9 Å². The maximum absolute atomic E-state index is 13.9. The molecule has 0 amide bonds. The molecule has 3 N–H and O–H groups in total. The molecule has 29 heavy (non-hydrogen) atoms. The van der Waals surface area contributed by atoms with Crippen LogP contribution in [-0.2, 0) is 0 Å². The van der Waals surface area contributed by atoms with Gasteiger partial charge in [0.05, 0.1) is 17.2 Å². The topological polar surface area (TPSA) is 118 Å².